The summed E-state index contributed by atoms with van der Waals surface area (Å²) < 4.78 is 3.25. The Morgan fingerprint density at radius 3 is 2.79 bits per heavy atom. The van der Waals surface area contributed by atoms with Crippen molar-refractivity contribution in [2.45, 2.75) is 44.8 Å². The van der Waals surface area contributed by atoms with Gasteiger partial charge >= 0.3 is 0 Å². The van der Waals surface area contributed by atoms with E-state index >= 15 is 0 Å². The number of hydrogen-bond donors (Lipinski definition) is 0. The van der Waals surface area contributed by atoms with Crippen LogP contribution in [0.25, 0.3) is 0 Å². The fourth-order valence-electron chi connectivity index (χ4n) is 3.38. The van der Waals surface area contributed by atoms with Crippen molar-refractivity contribution in [1.29, 1.82) is 0 Å². The van der Waals surface area contributed by atoms with Crippen LogP contribution in [0.15, 0.2) is 40.3 Å². The molecule has 0 aromatic carbocycles. The van der Waals surface area contributed by atoms with Crippen molar-refractivity contribution in [3.05, 3.63) is 51.4 Å². The van der Waals surface area contributed by atoms with E-state index in [4.69, 9.17) is 0 Å². The van der Waals surface area contributed by atoms with Crippen molar-refractivity contribution in [2.75, 3.05) is 11.4 Å². The van der Waals surface area contributed by atoms with Crippen molar-refractivity contribution in [3.63, 3.8) is 0 Å². The zero-order chi connectivity index (χ0) is 16.5. The summed E-state index contributed by atoms with van der Waals surface area (Å²) in [6.45, 7) is 2.06. The lowest BCUT2D eigenvalue weighted by Crippen LogP contribution is -2.41. The Hall–Kier alpha value is -2.44. The predicted octanol–water partition coefficient (Wildman–Crippen LogP) is 0.879. The molecule has 0 spiro atoms. The predicted molar refractivity (Wildman–Crippen MR) is 90.1 cm³/mol. The quantitative estimate of drug-likeness (QED) is 0.815. The van der Waals surface area contributed by atoms with Gasteiger partial charge in [0.15, 0.2) is 5.82 Å². The third-order valence-electron chi connectivity index (χ3n) is 4.87. The minimum Gasteiger partial charge on any atom is -0.347 e. The molecule has 1 saturated carbocycles. The highest BCUT2D eigenvalue weighted by atomic mass is 16.1. The van der Waals surface area contributed by atoms with Crippen molar-refractivity contribution in [2.24, 2.45) is 5.92 Å². The molecule has 2 aromatic rings. The monoisotopic (exact) mass is 327 g/mol. The molecule has 4 rings (SSSR count). The van der Waals surface area contributed by atoms with Crippen LogP contribution in [0.5, 0.6) is 0 Å². The van der Waals surface area contributed by atoms with Crippen molar-refractivity contribution in [1.82, 2.24) is 19.3 Å². The molecular formula is C17H21N5O2. The topological polar surface area (TPSA) is 73.0 Å². The van der Waals surface area contributed by atoms with Crippen molar-refractivity contribution < 1.29 is 0 Å². The Balaban J connectivity index is 1.59. The Labute approximate surface area is 139 Å². The lowest BCUT2D eigenvalue weighted by Gasteiger charge is -2.25. The Bertz CT molecular complexity index is 839. The Morgan fingerprint density at radius 2 is 2.00 bits per heavy atom. The second-order valence-electron chi connectivity index (χ2n) is 6.69. The van der Waals surface area contributed by atoms with E-state index in [1.807, 2.05) is 4.90 Å². The highest BCUT2D eigenvalue weighted by Crippen LogP contribution is 2.30. The van der Waals surface area contributed by atoms with E-state index in [9.17, 15) is 9.59 Å². The Morgan fingerprint density at radius 1 is 1.12 bits per heavy atom. The van der Waals surface area contributed by atoms with Crippen LogP contribution in [-0.4, -0.2) is 31.9 Å². The number of aromatic nitrogens is 4. The molecule has 1 saturated heterocycles. The van der Waals surface area contributed by atoms with Crippen LogP contribution in [-0.2, 0) is 13.1 Å². The second kappa shape index (κ2) is 6.22. The molecule has 7 nitrogen and oxygen atoms in total. The Kier molecular flexibility index (Phi) is 3.92. The maximum Gasteiger partial charge on any atom is 0.293 e. The van der Waals surface area contributed by atoms with Crippen LogP contribution in [0.3, 0.4) is 0 Å². The second-order valence-corrected chi connectivity index (χ2v) is 6.69. The summed E-state index contributed by atoms with van der Waals surface area (Å²) in [5.74, 6) is 1.14. The first-order valence-electron chi connectivity index (χ1n) is 8.56. The summed E-state index contributed by atoms with van der Waals surface area (Å²) in [6, 6.07) is 3.23. The van der Waals surface area contributed by atoms with Gasteiger partial charge in [0.25, 0.3) is 11.1 Å². The van der Waals surface area contributed by atoms with E-state index in [1.54, 1.807) is 29.2 Å². The molecule has 1 aliphatic heterocycles. The molecule has 7 heteroatoms. The van der Waals surface area contributed by atoms with Gasteiger partial charge in [0, 0.05) is 37.7 Å². The third kappa shape index (κ3) is 2.98. The van der Waals surface area contributed by atoms with E-state index in [0.29, 0.717) is 18.3 Å². The SMILES string of the molecule is O=c1c(N2CCCC2Cn2ncccc2=O)nccn1CC1CC1. The maximum atomic E-state index is 12.8. The van der Waals surface area contributed by atoms with Gasteiger partial charge in [0.2, 0.25) is 0 Å². The lowest BCUT2D eigenvalue weighted by molar-refractivity contribution is 0.484. The normalized spacial score (nSPS) is 20.5. The molecule has 0 radical (unpaired) electrons. The lowest BCUT2D eigenvalue weighted by atomic mass is 10.2. The molecule has 2 aliphatic rings. The standard InChI is InChI=1S/C17H21N5O2/c23-15-4-1-7-19-22(15)12-14-3-2-9-21(14)16-17(24)20(10-8-18-16)11-13-5-6-13/h1,4,7-8,10,13-14H,2-3,5-6,9,11-12H2. The highest BCUT2D eigenvalue weighted by molar-refractivity contribution is 5.38. The van der Waals surface area contributed by atoms with Crippen LogP contribution in [0.1, 0.15) is 25.7 Å². The van der Waals surface area contributed by atoms with Gasteiger partial charge in [-0.05, 0) is 37.7 Å². The number of hydrogen-bond acceptors (Lipinski definition) is 5. The number of rotatable bonds is 5. The van der Waals surface area contributed by atoms with Crippen LogP contribution in [0, 0.1) is 5.92 Å². The average molecular weight is 327 g/mol. The molecule has 1 aliphatic carbocycles. The van der Waals surface area contributed by atoms with Gasteiger partial charge in [0.05, 0.1) is 12.6 Å². The molecule has 24 heavy (non-hydrogen) atoms. The average Bonchev–Trinajstić information content (AvgIpc) is 3.28. The smallest absolute Gasteiger partial charge is 0.293 e. The first-order chi connectivity index (χ1) is 11.7. The summed E-state index contributed by atoms with van der Waals surface area (Å²) in [6.07, 6.45) is 9.44. The molecule has 0 amide bonds. The highest BCUT2D eigenvalue weighted by Gasteiger charge is 2.29. The summed E-state index contributed by atoms with van der Waals surface area (Å²) >= 11 is 0. The first kappa shape index (κ1) is 15.1. The minimum absolute atomic E-state index is 0.0235. The van der Waals surface area contributed by atoms with Crippen LogP contribution in [0.4, 0.5) is 5.82 Å². The van der Waals surface area contributed by atoms with Crippen LogP contribution in [0.2, 0.25) is 0 Å². The van der Waals surface area contributed by atoms with Gasteiger partial charge in [-0.3, -0.25) is 9.59 Å². The van der Waals surface area contributed by atoms with E-state index in [0.717, 1.165) is 25.9 Å². The number of anilines is 1. The number of nitrogens with zero attached hydrogens (tertiary/aromatic N) is 5. The summed E-state index contributed by atoms with van der Waals surface area (Å²) in [5.41, 5.74) is -0.138. The van der Waals surface area contributed by atoms with Gasteiger partial charge < -0.3 is 9.47 Å². The van der Waals surface area contributed by atoms with Crippen LogP contribution >= 0.6 is 0 Å². The van der Waals surface area contributed by atoms with E-state index in [2.05, 4.69) is 10.1 Å². The first-order valence-corrected chi connectivity index (χ1v) is 8.56. The maximum absolute atomic E-state index is 12.8. The molecule has 126 valence electrons. The molecule has 3 heterocycles. The third-order valence-corrected chi connectivity index (χ3v) is 4.87. The van der Waals surface area contributed by atoms with E-state index in [-0.39, 0.29) is 17.2 Å². The van der Waals surface area contributed by atoms with Crippen molar-refractivity contribution in [3.8, 4) is 0 Å². The molecule has 0 N–H and O–H groups in total. The molecular weight excluding hydrogens is 306 g/mol. The molecule has 1 atom stereocenters. The largest absolute Gasteiger partial charge is 0.347 e. The fourth-order valence-corrected chi connectivity index (χ4v) is 3.38. The van der Waals surface area contributed by atoms with Gasteiger partial charge in [-0.25, -0.2) is 9.67 Å². The fraction of sp³-hybridized carbons (Fsp3) is 0.529. The van der Waals surface area contributed by atoms with E-state index in [1.165, 1.54) is 23.6 Å². The summed E-state index contributed by atoms with van der Waals surface area (Å²) in [5, 5.41) is 4.13. The summed E-state index contributed by atoms with van der Waals surface area (Å²) in [7, 11) is 0. The minimum atomic E-state index is -0.114. The van der Waals surface area contributed by atoms with Gasteiger partial charge in [0.1, 0.15) is 0 Å². The van der Waals surface area contributed by atoms with Gasteiger partial charge in [-0.1, -0.05) is 0 Å². The van der Waals surface area contributed by atoms with Gasteiger partial charge in [-0.15, -0.1) is 0 Å². The van der Waals surface area contributed by atoms with Gasteiger partial charge in [-0.2, -0.15) is 5.10 Å². The van der Waals surface area contributed by atoms with E-state index < -0.39 is 0 Å². The summed E-state index contributed by atoms with van der Waals surface area (Å²) in [4.78, 5) is 31.1. The zero-order valence-corrected chi connectivity index (χ0v) is 13.5. The molecule has 2 aromatic heterocycles. The molecule has 2 fully saturated rings. The molecule has 1 unspecified atom stereocenters. The molecule has 0 bridgehead atoms. The van der Waals surface area contributed by atoms with Crippen LogP contribution < -0.4 is 16.0 Å². The van der Waals surface area contributed by atoms with Crippen molar-refractivity contribution >= 4 is 5.82 Å². The zero-order valence-electron chi connectivity index (χ0n) is 13.5.